The molecule has 70 valence electrons. The Balaban J connectivity index is 2.96. The Hall–Kier alpha value is -1.65. The van der Waals surface area contributed by atoms with E-state index in [2.05, 4.69) is 5.10 Å². The van der Waals surface area contributed by atoms with E-state index in [0.29, 0.717) is 17.7 Å². The van der Waals surface area contributed by atoms with Gasteiger partial charge in [-0.25, -0.2) is 0 Å². The summed E-state index contributed by atoms with van der Waals surface area (Å²) in [6.07, 6.45) is 5.64. The fraction of sp³-hybridized carbons (Fsp3) is 0.375. The Labute approximate surface area is 75.8 Å². The molecular formula is C8H11N3O2. The summed E-state index contributed by atoms with van der Waals surface area (Å²) in [6.45, 7) is 1.67. The summed E-state index contributed by atoms with van der Waals surface area (Å²) in [6, 6.07) is -0.697. The molecule has 0 radical (unpaired) electrons. The predicted molar refractivity (Wildman–Crippen MR) is 49.9 cm³/mol. The van der Waals surface area contributed by atoms with Gasteiger partial charge in [0.2, 0.25) is 6.04 Å². The summed E-state index contributed by atoms with van der Waals surface area (Å²) in [7, 11) is 0. The van der Waals surface area contributed by atoms with Crippen molar-refractivity contribution in [1.82, 2.24) is 0 Å². The molecule has 0 saturated carbocycles. The molecule has 1 unspecified atom stereocenters. The van der Waals surface area contributed by atoms with Gasteiger partial charge < -0.3 is 5.84 Å². The van der Waals surface area contributed by atoms with Crippen molar-refractivity contribution in [2.75, 3.05) is 0 Å². The molecule has 0 amide bonds. The molecule has 0 spiro atoms. The molecule has 0 fully saturated rings. The zero-order chi connectivity index (χ0) is 9.84. The van der Waals surface area contributed by atoms with E-state index in [-0.39, 0.29) is 4.92 Å². The van der Waals surface area contributed by atoms with E-state index in [1.54, 1.807) is 25.2 Å². The zero-order valence-corrected chi connectivity index (χ0v) is 7.30. The van der Waals surface area contributed by atoms with Crippen LogP contribution >= 0.6 is 0 Å². The molecule has 2 N–H and O–H groups in total. The van der Waals surface area contributed by atoms with Crippen LogP contribution in [0.3, 0.4) is 0 Å². The van der Waals surface area contributed by atoms with Crippen LogP contribution in [0, 0.1) is 10.1 Å². The van der Waals surface area contributed by atoms with Crippen molar-refractivity contribution in [3.63, 3.8) is 0 Å². The molecule has 1 rings (SSSR count). The average molecular weight is 181 g/mol. The minimum absolute atomic E-state index is 0.315. The minimum atomic E-state index is -0.697. The smallest absolute Gasteiger partial charge is 0.243 e. The van der Waals surface area contributed by atoms with Crippen molar-refractivity contribution in [1.29, 1.82) is 0 Å². The second kappa shape index (κ2) is 3.84. The van der Waals surface area contributed by atoms with Gasteiger partial charge in [-0.3, -0.25) is 10.1 Å². The zero-order valence-electron chi connectivity index (χ0n) is 7.30. The lowest BCUT2D eigenvalue weighted by molar-refractivity contribution is -0.510. The molecule has 13 heavy (non-hydrogen) atoms. The third kappa shape index (κ3) is 1.93. The van der Waals surface area contributed by atoms with E-state index in [9.17, 15) is 10.1 Å². The molecule has 5 heteroatoms. The molecule has 5 nitrogen and oxygen atoms in total. The Morgan fingerprint density at radius 3 is 3.08 bits per heavy atom. The molecule has 0 saturated heterocycles. The van der Waals surface area contributed by atoms with E-state index in [0.717, 1.165) is 0 Å². The maximum Gasteiger partial charge on any atom is 0.243 e. The molecule has 1 aliphatic carbocycles. The first-order valence-corrected chi connectivity index (χ1v) is 3.92. The SMILES string of the molecule is C/C(=N\N)C1=CC=CCC1[N+](=O)[O-]. The molecule has 0 aromatic carbocycles. The van der Waals surface area contributed by atoms with Gasteiger partial charge in [0, 0.05) is 16.9 Å². The summed E-state index contributed by atoms with van der Waals surface area (Å²) in [4.78, 5) is 10.3. The first-order chi connectivity index (χ1) is 6.16. The number of hydrogen-bond acceptors (Lipinski definition) is 4. The van der Waals surface area contributed by atoms with Gasteiger partial charge in [0.15, 0.2) is 0 Å². The molecule has 0 aliphatic heterocycles. The Kier molecular flexibility index (Phi) is 2.79. The van der Waals surface area contributed by atoms with Crippen molar-refractivity contribution < 1.29 is 4.92 Å². The van der Waals surface area contributed by atoms with Gasteiger partial charge in [-0.1, -0.05) is 18.2 Å². The number of hydrogen-bond donors (Lipinski definition) is 1. The highest BCUT2D eigenvalue weighted by atomic mass is 16.6. The lowest BCUT2D eigenvalue weighted by Crippen LogP contribution is -2.26. The summed E-state index contributed by atoms with van der Waals surface area (Å²) in [5.41, 5.74) is 1.11. The number of hydrazone groups is 1. The summed E-state index contributed by atoms with van der Waals surface area (Å²) >= 11 is 0. The molecule has 1 aliphatic rings. The summed E-state index contributed by atoms with van der Waals surface area (Å²) in [5, 5.41) is 14.1. The molecular weight excluding hydrogens is 170 g/mol. The van der Waals surface area contributed by atoms with Crippen molar-refractivity contribution in [2.45, 2.75) is 19.4 Å². The van der Waals surface area contributed by atoms with Crippen LogP contribution in [-0.2, 0) is 0 Å². The van der Waals surface area contributed by atoms with Crippen LogP contribution in [0.1, 0.15) is 13.3 Å². The van der Waals surface area contributed by atoms with Gasteiger partial charge in [0.05, 0.1) is 5.71 Å². The quantitative estimate of drug-likeness (QED) is 0.297. The third-order valence-electron chi connectivity index (χ3n) is 2.00. The normalized spacial score (nSPS) is 22.7. The highest BCUT2D eigenvalue weighted by molar-refractivity contribution is 5.99. The third-order valence-corrected chi connectivity index (χ3v) is 2.00. The summed E-state index contributed by atoms with van der Waals surface area (Å²) < 4.78 is 0. The van der Waals surface area contributed by atoms with Crippen molar-refractivity contribution in [2.24, 2.45) is 10.9 Å². The largest absolute Gasteiger partial charge is 0.323 e. The molecule has 0 aromatic rings. The number of nitrogens with two attached hydrogens (primary N) is 1. The van der Waals surface area contributed by atoms with Crippen LogP contribution in [0.2, 0.25) is 0 Å². The lowest BCUT2D eigenvalue weighted by atomic mass is 9.96. The van der Waals surface area contributed by atoms with E-state index in [1.807, 2.05) is 0 Å². The summed E-state index contributed by atoms with van der Waals surface area (Å²) in [5.74, 6) is 5.07. The minimum Gasteiger partial charge on any atom is -0.323 e. The Morgan fingerprint density at radius 1 is 1.85 bits per heavy atom. The highest BCUT2D eigenvalue weighted by Crippen LogP contribution is 2.17. The van der Waals surface area contributed by atoms with Crippen LogP contribution < -0.4 is 5.84 Å². The lowest BCUT2D eigenvalue weighted by Gasteiger charge is -2.13. The fourth-order valence-electron chi connectivity index (χ4n) is 1.25. The predicted octanol–water partition coefficient (Wildman–Crippen LogP) is 0.853. The van der Waals surface area contributed by atoms with E-state index in [1.165, 1.54) is 0 Å². The second-order valence-electron chi connectivity index (χ2n) is 2.80. The standard InChI is InChI=1S/C8H11N3O2/c1-6(10-9)7-4-2-3-5-8(7)11(12)13/h2-4,8H,5,9H2,1H3/b10-6+. The van der Waals surface area contributed by atoms with Gasteiger partial charge in [0.25, 0.3) is 0 Å². The van der Waals surface area contributed by atoms with Gasteiger partial charge in [-0.2, -0.15) is 5.10 Å². The second-order valence-corrected chi connectivity index (χ2v) is 2.80. The maximum absolute atomic E-state index is 10.6. The number of nitrogens with zero attached hydrogens (tertiary/aromatic N) is 2. The number of allylic oxidation sites excluding steroid dienone is 2. The van der Waals surface area contributed by atoms with E-state index in [4.69, 9.17) is 5.84 Å². The van der Waals surface area contributed by atoms with Crippen LogP contribution in [0.5, 0.6) is 0 Å². The Bertz CT molecular complexity index is 305. The molecule has 1 atom stereocenters. The van der Waals surface area contributed by atoms with Gasteiger partial charge in [0.1, 0.15) is 0 Å². The van der Waals surface area contributed by atoms with Gasteiger partial charge in [-0.15, -0.1) is 0 Å². The van der Waals surface area contributed by atoms with Crippen molar-refractivity contribution in [3.05, 3.63) is 33.9 Å². The number of rotatable bonds is 2. The van der Waals surface area contributed by atoms with Crippen LogP contribution in [0.15, 0.2) is 28.9 Å². The fourth-order valence-corrected chi connectivity index (χ4v) is 1.25. The van der Waals surface area contributed by atoms with Crippen LogP contribution in [0.4, 0.5) is 0 Å². The van der Waals surface area contributed by atoms with Gasteiger partial charge in [-0.05, 0) is 6.92 Å². The van der Waals surface area contributed by atoms with Crippen molar-refractivity contribution >= 4 is 5.71 Å². The maximum atomic E-state index is 10.6. The van der Waals surface area contributed by atoms with E-state index >= 15 is 0 Å². The van der Waals surface area contributed by atoms with Crippen LogP contribution in [0.25, 0.3) is 0 Å². The topological polar surface area (TPSA) is 81.5 Å². The average Bonchev–Trinajstić information content (AvgIpc) is 2.16. The molecule has 0 aromatic heterocycles. The molecule has 0 bridgehead atoms. The Morgan fingerprint density at radius 2 is 2.54 bits per heavy atom. The number of nitro groups is 1. The van der Waals surface area contributed by atoms with Gasteiger partial charge >= 0.3 is 0 Å². The molecule has 0 heterocycles. The highest BCUT2D eigenvalue weighted by Gasteiger charge is 2.27. The first kappa shape index (κ1) is 9.44. The first-order valence-electron chi connectivity index (χ1n) is 3.92. The monoisotopic (exact) mass is 181 g/mol. The van der Waals surface area contributed by atoms with E-state index < -0.39 is 6.04 Å². The van der Waals surface area contributed by atoms with Crippen molar-refractivity contribution in [3.8, 4) is 0 Å². The van der Waals surface area contributed by atoms with Crippen LogP contribution in [-0.4, -0.2) is 16.7 Å².